The van der Waals surface area contributed by atoms with Crippen molar-refractivity contribution >= 4 is 5.91 Å². The van der Waals surface area contributed by atoms with Gasteiger partial charge >= 0.3 is 0 Å². The Morgan fingerprint density at radius 3 is 2.72 bits per heavy atom. The molecule has 2 aliphatic heterocycles. The summed E-state index contributed by atoms with van der Waals surface area (Å²) in [6.45, 7) is 8.57. The molecule has 7 heteroatoms. The zero-order chi connectivity index (χ0) is 20.2. The highest BCUT2D eigenvalue weighted by atomic mass is 16.2. The Balaban J connectivity index is 1.44. The van der Waals surface area contributed by atoms with Gasteiger partial charge in [-0.1, -0.05) is 13.0 Å². The third kappa shape index (κ3) is 4.66. The Morgan fingerprint density at radius 2 is 1.97 bits per heavy atom. The SMILES string of the molecule is Cc1nnnn1-c1cccc(C(=O)N2CCCC[C@@H]2CCN2CCC(C)CC2)c1. The summed E-state index contributed by atoms with van der Waals surface area (Å²) in [6.07, 6.45) is 7.10. The smallest absolute Gasteiger partial charge is 0.254 e. The van der Waals surface area contributed by atoms with Crippen LogP contribution in [0.1, 0.15) is 61.6 Å². The van der Waals surface area contributed by atoms with E-state index in [1.807, 2.05) is 31.2 Å². The largest absolute Gasteiger partial charge is 0.336 e. The normalized spacial score (nSPS) is 21.4. The van der Waals surface area contributed by atoms with Crippen molar-refractivity contribution in [1.29, 1.82) is 0 Å². The second-order valence-electron chi connectivity index (χ2n) is 8.65. The van der Waals surface area contributed by atoms with E-state index in [9.17, 15) is 4.79 Å². The number of benzene rings is 1. The summed E-state index contributed by atoms with van der Waals surface area (Å²) in [7, 11) is 0. The highest BCUT2D eigenvalue weighted by Crippen LogP contribution is 2.24. The lowest BCUT2D eigenvalue weighted by Gasteiger charge is -2.38. The van der Waals surface area contributed by atoms with E-state index in [2.05, 4.69) is 32.2 Å². The van der Waals surface area contributed by atoms with Gasteiger partial charge in [0.05, 0.1) is 5.69 Å². The van der Waals surface area contributed by atoms with E-state index in [1.165, 1.54) is 32.4 Å². The minimum atomic E-state index is 0.134. The maximum Gasteiger partial charge on any atom is 0.254 e. The minimum Gasteiger partial charge on any atom is -0.336 e. The number of carbonyl (C=O) groups is 1. The molecule has 0 spiro atoms. The molecule has 2 fully saturated rings. The molecule has 2 saturated heterocycles. The fourth-order valence-electron chi connectivity index (χ4n) is 4.59. The molecule has 0 N–H and O–H groups in total. The van der Waals surface area contributed by atoms with Crippen LogP contribution in [-0.2, 0) is 0 Å². The fraction of sp³-hybridized carbons (Fsp3) is 0.636. The van der Waals surface area contributed by atoms with E-state index >= 15 is 0 Å². The number of likely N-dealkylation sites (tertiary alicyclic amines) is 2. The van der Waals surface area contributed by atoms with Crippen molar-refractivity contribution in [3.63, 3.8) is 0 Å². The fourth-order valence-corrected chi connectivity index (χ4v) is 4.59. The Morgan fingerprint density at radius 1 is 1.14 bits per heavy atom. The Kier molecular flexibility index (Phi) is 6.23. The third-order valence-electron chi connectivity index (χ3n) is 6.51. The molecule has 0 radical (unpaired) electrons. The van der Waals surface area contributed by atoms with Crippen molar-refractivity contribution in [1.82, 2.24) is 30.0 Å². The summed E-state index contributed by atoms with van der Waals surface area (Å²) >= 11 is 0. The summed E-state index contributed by atoms with van der Waals surface area (Å²) in [5, 5.41) is 11.7. The van der Waals surface area contributed by atoms with Crippen LogP contribution in [0.2, 0.25) is 0 Å². The topological polar surface area (TPSA) is 67.2 Å². The molecule has 0 unspecified atom stereocenters. The van der Waals surface area contributed by atoms with E-state index in [0.29, 0.717) is 11.9 Å². The second kappa shape index (κ2) is 9.03. The molecule has 0 bridgehead atoms. The van der Waals surface area contributed by atoms with Crippen LogP contribution in [0.3, 0.4) is 0 Å². The summed E-state index contributed by atoms with van der Waals surface area (Å²) in [5.41, 5.74) is 1.55. The number of carbonyl (C=O) groups excluding carboxylic acids is 1. The first-order chi connectivity index (χ1) is 14.1. The lowest BCUT2D eigenvalue weighted by Crippen LogP contribution is -2.46. The lowest BCUT2D eigenvalue weighted by atomic mass is 9.96. The van der Waals surface area contributed by atoms with Gasteiger partial charge in [0.2, 0.25) is 0 Å². The van der Waals surface area contributed by atoms with Gasteiger partial charge in [0, 0.05) is 24.7 Å². The van der Waals surface area contributed by atoms with E-state index in [4.69, 9.17) is 0 Å². The average molecular weight is 397 g/mol. The van der Waals surface area contributed by atoms with Crippen LogP contribution in [0.5, 0.6) is 0 Å². The molecule has 156 valence electrons. The molecule has 7 nitrogen and oxygen atoms in total. The van der Waals surface area contributed by atoms with Gasteiger partial charge in [-0.25, -0.2) is 0 Å². The highest BCUT2D eigenvalue weighted by molar-refractivity contribution is 5.95. The van der Waals surface area contributed by atoms with Crippen molar-refractivity contribution in [2.24, 2.45) is 5.92 Å². The molecule has 2 aliphatic rings. The molecule has 29 heavy (non-hydrogen) atoms. The van der Waals surface area contributed by atoms with Gasteiger partial charge in [-0.15, -0.1) is 5.10 Å². The van der Waals surface area contributed by atoms with E-state index in [-0.39, 0.29) is 5.91 Å². The van der Waals surface area contributed by atoms with Crippen molar-refractivity contribution in [3.8, 4) is 5.69 Å². The first-order valence-electron chi connectivity index (χ1n) is 11.0. The predicted octanol–water partition coefficient (Wildman–Crippen LogP) is 3.09. The van der Waals surface area contributed by atoms with Crippen molar-refractivity contribution < 1.29 is 4.79 Å². The summed E-state index contributed by atoms with van der Waals surface area (Å²) in [6, 6.07) is 8.00. The molecule has 3 heterocycles. The number of hydrogen-bond acceptors (Lipinski definition) is 5. The maximum absolute atomic E-state index is 13.4. The zero-order valence-electron chi connectivity index (χ0n) is 17.6. The number of rotatable bonds is 5. The molecule has 1 aromatic carbocycles. The third-order valence-corrected chi connectivity index (χ3v) is 6.51. The standard InChI is InChI=1S/C22H32N6O/c1-17-9-13-26(14-10-17)15-11-20-7-3-4-12-27(20)22(29)19-6-5-8-21(16-19)28-18(2)23-24-25-28/h5-6,8,16-17,20H,3-4,7,9-15H2,1-2H3/t20-/m1/s1. The monoisotopic (exact) mass is 396 g/mol. The zero-order valence-corrected chi connectivity index (χ0v) is 17.6. The molecule has 1 amide bonds. The van der Waals surface area contributed by atoms with Gasteiger partial charge in [-0.2, -0.15) is 4.68 Å². The number of amides is 1. The van der Waals surface area contributed by atoms with Gasteiger partial charge in [-0.05, 0) is 93.1 Å². The first kappa shape index (κ1) is 20.0. The van der Waals surface area contributed by atoms with Gasteiger partial charge in [-0.3, -0.25) is 4.79 Å². The van der Waals surface area contributed by atoms with Gasteiger partial charge in [0.1, 0.15) is 0 Å². The number of tetrazole rings is 1. The number of piperidine rings is 2. The molecule has 1 atom stereocenters. The minimum absolute atomic E-state index is 0.134. The highest BCUT2D eigenvalue weighted by Gasteiger charge is 2.28. The van der Waals surface area contributed by atoms with E-state index in [0.717, 1.165) is 49.5 Å². The maximum atomic E-state index is 13.4. The number of aryl methyl sites for hydroxylation is 1. The van der Waals surface area contributed by atoms with Crippen molar-refractivity contribution in [2.75, 3.05) is 26.2 Å². The van der Waals surface area contributed by atoms with Gasteiger partial charge in [0.15, 0.2) is 5.82 Å². The van der Waals surface area contributed by atoms with E-state index in [1.54, 1.807) is 4.68 Å². The van der Waals surface area contributed by atoms with Crippen LogP contribution in [0, 0.1) is 12.8 Å². The Hall–Kier alpha value is -2.28. The summed E-state index contributed by atoms with van der Waals surface area (Å²) < 4.78 is 1.67. The van der Waals surface area contributed by atoms with Gasteiger partial charge in [0.25, 0.3) is 5.91 Å². The molecular weight excluding hydrogens is 364 g/mol. The van der Waals surface area contributed by atoms with Crippen LogP contribution < -0.4 is 0 Å². The molecule has 1 aromatic heterocycles. The summed E-state index contributed by atoms with van der Waals surface area (Å²) in [5.74, 6) is 1.70. The van der Waals surface area contributed by atoms with E-state index < -0.39 is 0 Å². The average Bonchev–Trinajstić information content (AvgIpc) is 3.19. The second-order valence-corrected chi connectivity index (χ2v) is 8.65. The van der Waals surface area contributed by atoms with Crippen molar-refractivity contribution in [2.45, 2.75) is 58.4 Å². The van der Waals surface area contributed by atoms with Crippen molar-refractivity contribution in [3.05, 3.63) is 35.7 Å². The number of hydrogen-bond donors (Lipinski definition) is 0. The van der Waals surface area contributed by atoms with Crippen LogP contribution in [0.15, 0.2) is 24.3 Å². The molecule has 0 aliphatic carbocycles. The molecule has 4 rings (SSSR count). The van der Waals surface area contributed by atoms with Crippen LogP contribution in [-0.4, -0.2) is 68.1 Å². The van der Waals surface area contributed by atoms with Crippen LogP contribution in [0.25, 0.3) is 5.69 Å². The first-order valence-corrected chi connectivity index (χ1v) is 11.0. The van der Waals surface area contributed by atoms with Gasteiger partial charge < -0.3 is 9.80 Å². The number of aromatic nitrogens is 4. The van der Waals surface area contributed by atoms with Crippen LogP contribution >= 0.6 is 0 Å². The quantitative estimate of drug-likeness (QED) is 0.777. The Labute approximate surface area is 173 Å². The summed E-state index contributed by atoms with van der Waals surface area (Å²) in [4.78, 5) is 18.1. The lowest BCUT2D eigenvalue weighted by molar-refractivity contribution is 0.0575. The van der Waals surface area contributed by atoms with Crippen LogP contribution in [0.4, 0.5) is 0 Å². The number of nitrogens with zero attached hydrogens (tertiary/aromatic N) is 6. The molecule has 0 saturated carbocycles. The Bertz CT molecular complexity index is 826. The molecule has 2 aromatic rings. The molecular formula is C22H32N6O. The predicted molar refractivity (Wildman–Crippen MR) is 112 cm³/mol.